The summed E-state index contributed by atoms with van der Waals surface area (Å²) in [6, 6.07) is 8.50. The lowest BCUT2D eigenvalue weighted by Gasteiger charge is -2.26. The van der Waals surface area contributed by atoms with Gasteiger partial charge in [0.15, 0.2) is 0 Å². The topological polar surface area (TPSA) is 72.0 Å². The minimum atomic E-state index is 0.586. The lowest BCUT2D eigenvalue weighted by atomic mass is 9.85. The molecule has 3 N–H and O–H groups in total. The molecule has 0 unspecified atom stereocenters. The van der Waals surface area contributed by atoms with E-state index in [4.69, 9.17) is 10.7 Å². The van der Waals surface area contributed by atoms with Crippen LogP contribution >= 0.6 is 0 Å². The van der Waals surface area contributed by atoms with Gasteiger partial charge in [-0.2, -0.15) is 0 Å². The zero-order valence-electron chi connectivity index (χ0n) is 12.9. The van der Waals surface area contributed by atoms with Crippen molar-refractivity contribution < 1.29 is 0 Å². The van der Waals surface area contributed by atoms with Crippen LogP contribution in [-0.2, 0) is 6.54 Å². The molecular formula is C18H19N5. The Balaban J connectivity index is 1.72. The van der Waals surface area contributed by atoms with Crippen LogP contribution < -0.4 is 5.73 Å². The number of fused-ring (bicyclic) bond motifs is 2. The van der Waals surface area contributed by atoms with Gasteiger partial charge in [0, 0.05) is 29.7 Å². The second-order valence-electron chi connectivity index (χ2n) is 6.49. The molecule has 1 aliphatic heterocycles. The fourth-order valence-electron chi connectivity index (χ4n) is 3.68. The van der Waals surface area contributed by atoms with Gasteiger partial charge >= 0.3 is 0 Å². The highest BCUT2D eigenvalue weighted by Crippen LogP contribution is 2.39. The highest BCUT2D eigenvalue weighted by molar-refractivity contribution is 6.02. The Morgan fingerprint density at radius 3 is 2.96 bits per heavy atom. The maximum absolute atomic E-state index is 6.23. The van der Waals surface area contributed by atoms with E-state index in [1.54, 1.807) is 0 Å². The maximum Gasteiger partial charge on any atom is 0.145 e. The Morgan fingerprint density at radius 2 is 2.13 bits per heavy atom. The van der Waals surface area contributed by atoms with Crippen LogP contribution in [0.25, 0.3) is 22.2 Å². The Kier molecular flexibility index (Phi) is 2.65. The minimum Gasteiger partial charge on any atom is -0.382 e. The Labute approximate surface area is 134 Å². The third kappa shape index (κ3) is 1.86. The highest BCUT2D eigenvalue weighted by atomic mass is 15.2. The van der Waals surface area contributed by atoms with Gasteiger partial charge in [-0.05, 0) is 30.4 Å². The number of nitrogens with zero attached hydrogens (tertiary/aromatic N) is 3. The molecule has 1 aliphatic carbocycles. The summed E-state index contributed by atoms with van der Waals surface area (Å²) in [5.41, 5.74) is 10.4. The van der Waals surface area contributed by atoms with Crippen LogP contribution in [0.5, 0.6) is 0 Å². The molecule has 0 spiro atoms. The van der Waals surface area contributed by atoms with E-state index in [0.29, 0.717) is 11.8 Å². The number of aromatic nitrogens is 3. The zero-order chi connectivity index (χ0) is 15.4. The molecule has 5 nitrogen and oxygen atoms in total. The summed E-state index contributed by atoms with van der Waals surface area (Å²) >= 11 is 0. The minimum absolute atomic E-state index is 0.586. The van der Waals surface area contributed by atoms with Gasteiger partial charge in [-0.3, -0.25) is 4.99 Å². The number of benzene rings is 1. The smallest absolute Gasteiger partial charge is 0.145 e. The molecule has 3 heterocycles. The van der Waals surface area contributed by atoms with E-state index in [9.17, 15) is 0 Å². The summed E-state index contributed by atoms with van der Waals surface area (Å²) in [5, 5.41) is 1.21. The molecule has 5 heteroatoms. The van der Waals surface area contributed by atoms with Gasteiger partial charge in [0.05, 0.1) is 12.2 Å². The van der Waals surface area contributed by atoms with E-state index in [1.807, 2.05) is 6.20 Å². The monoisotopic (exact) mass is 305 g/mol. The molecule has 23 heavy (non-hydrogen) atoms. The van der Waals surface area contributed by atoms with E-state index >= 15 is 0 Å². The first-order valence-electron chi connectivity index (χ1n) is 8.29. The second-order valence-corrected chi connectivity index (χ2v) is 6.49. The van der Waals surface area contributed by atoms with Crippen molar-refractivity contribution in [2.45, 2.75) is 31.7 Å². The van der Waals surface area contributed by atoms with Crippen LogP contribution in [0, 0.1) is 0 Å². The molecule has 116 valence electrons. The SMILES string of the molecule is NC1=NCCn2c(C3CCC3)nc(-c3ccc4cc[nH]c4c3)c21. The third-order valence-electron chi connectivity index (χ3n) is 5.14. The molecule has 2 aromatic heterocycles. The fraction of sp³-hybridized carbons (Fsp3) is 0.333. The first-order chi connectivity index (χ1) is 11.3. The maximum atomic E-state index is 6.23. The molecule has 0 saturated heterocycles. The summed E-state index contributed by atoms with van der Waals surface area (Å²) in [5.74, 6) is 2.41. The average molecular weight is 305 g/mol. The van der Waals surface area contributed by atoms with E-state index in [-0.39, 0.29) is 0 Å². The first kappa shape index (κ1) is 12.9. The Morgan fingerprint density at radius 1 is 1.22 bits per heavy atom. The zero-order valence-corrected chi connectivity index (χ0v) is 12.9. The van der Waals surface area contributed by atoms with Crippen molar-refractivity contribution >= 4 is 16.7 Å². The number of H-pyrrole nitrogens is 1. The van der Waals surface area contributed by atoms with Crippen molar-refractivity contribution in [2.24, 2.45) is 10.7 Å². The molecule has 5 rings (SSSR count). The van der Waals surface area contributed by atoms with Gasteiger partial charge in [-0.15, -0.1) is 0 Å². The number of nitrogens with two attached hydrogens (primary N) is 1. The van der Waals surface area contributed by atoms with Gasteiger partial charge in [0.2, 0.25) is 0 Å². The van der Waals surface area contributed by atoms with Crippen LogP contribution in [0.15, 0.2) is 35.5 Å². The molecule has 0 radical (unpaired) electrons. The number of nitrogens with one attached hydrogen (secondary N) is 1. The number of imidazole rings is 1. The lowest BCUT2D eigenvalue weighted by molar-refractivity contribution is 0.386. The molecule has 0 atom stereocenters. The summed E-state index contributed by atoms with van der Waals surface area (Å²) in [4.78, 5) is 12.7. The summed E-state index contributed by atoms with van der Waals surface area (Å²) in [7, 11) is 0. The highest BCUT2D eigenvalue weighted by Gasteiger charge is 2.30. The summed E-state index contributed by atoms with van der Waals surface area (Å²) in [6.45, 7) is 1.64. The predicted molar refractivity (Wildman–Crippen MR) is 91.7 cm³/mol. The number of hydrogen-bond acceptors (Lipinski definition) is 3. The summed E-state index contributed by atoms with van der Waals surface area (Å²) in [6.07, 6.45) is 5.75. The quantitative estimate of drug-likeness (QED) is 0.764. The van der Waals surface area contributed by atoms with Crippen LogP contribution in [0.1, 0.15) is 36.7 Å². The Bertz CT molecular complexity index is 926. The molecule has 1 aromatic carbocycles. The van der Waals surface area contributed by atoms with Gasteiger partial charge in [0.1, 0.15) is 17.4 Å². The number of rotatable bonds is 2. The number of aliphatic imine (C=N–C) groups is 1. The van der Waals surface area contributed by atoms with E-state index in [2.05, 4.69) is 38.8 Å². The molecular weight excluding hydrogens is 286 g/mol. The molecule has 0 bridgehead atoms. The van der Waals surface area contributed by atoms with Crippen LogP contribution in [0.3, 0.4) is 0 Å². The van der Waals surface area contributed by atoms with Crippen molar-refractivity contribution in [3.8, 4) is 11.3 Å². The molecule has 1 saturated carbocycles. The number of amidine groups is 1. The van der Waals surface area contributed by atoms with Crippen molar-refractivity contribution in [3.63, 3.8) is 0 Å². The van der Waals surface area contributed by atoms with Crippen molar-refractivity contribution in [2.75, 3.05) is 6.54 Å². The van der Waals surface area contributed by atoms with Crippen molar-refractivity contribution in [1.82, 2.24) is 14.5 Å². The molecule has 0 amide bonds. The largest absolute Gasteiger partial charge is 0.382 e. The van der Waals surface area contributed by atoms with Gasteiger partial charge in [0.25, 0.3) is 0 Å². The van der Waals surface area contributed by atoms with E-state index in [0.717, 1.165) is 35.6 Å². The molecule has 1 fully saturated rings. The van der Waals surface area contributed by atoms with Gasteiger partial charge in [-0.1, -0.05) is 18.6 Å². The molecule has 3 aromatic rings. The van der Waals surface area contributed by atoms with Crippen molar-refractivity contribution in [3.05, 3.63) is 42.0 Å². The van der Waals surface area contributed by atoms with Crippen LogP contribution in [0.2, 0.25) is 0 Å². The molecule has 2 aliphatic rings. The van der Waals surface area contributed by atoms with Crippen LogP contribution in [-0.4, -0.2) is 26.9 Å². The first-order valence-corrected chi connectivity index (χ1v) is 8.29. The van der Waals surface area contributed by atoms with Gasteiger partial charge in [-0.25, -0.2) is 4.98 Å². The van der Waals surface area contributed by atoms with E-state index < -0.39 is 0 Å². The number of aromatic amines is 1. The lowest BCUT2D eigenvalue weighted by Crippen LogP contribution is -2.27. The normalized spacial score (nSPS) is 17.8. The Hall–Kier alpha value is -2.56. The summed E-state index contributed by atoms with van der Waals surface area (Å²) < 4.78 is 2.31. The van der Waals surface area contributed by atoms with Crippen LogP contribution in [0.4, 0.5) is 0 Å². The van der Waals surface area contributed by atoms with E-state index in [1.165, 1.54) is 30.5 Å². The fourth-order valence-corrected chi connectivity index (χ4v) is 3.68. The van der Waals surface area contributed by atoms with Gasteiger partial charge < -0.3 is 15.3 Å². The predicted octanol–water partition coefficient (Wildman–Crippen LogP) is 3.02. The van der Waals surface area contributed by atoms with Crippen molar-refractivity contribution in [1.29, 1.82) is 0 Å². The second kappa shape index (κ2) is 4.72. The third-order valence-corrected chi connectivity index (χ3v) is 5.14. The average Bonchev–Trinajstić information content (AvgIpc) is 3.10. The number of hydrogen-bond donors (Lipinski definition) is 2. The standard InChI is InChI=1S/C18H19N5/c19-17-16-15(13-5-4-11-6-7-20-14(11)10-13)22-18(12-2-1-3-12)23(16)9-8-21-17/h4-7,10,12,20H,1-3,8-9H2,(H2,19,21).